The maximum absolute atomic E-state index is 11.7. The van der Waals surface area contributed by atoms with Crippen LogP contribution in [0.15, 0.2) is 24.3 Å². The summed E-state index contributed by atoms with van der Waals surface area (Å²) in [4.78, 5) is 23.3. The highest BCUT2D eigenvalue weighted by Crippen LogP contribution is 2.33. The summed E-state index contributed by atoms with van der Waals surface area (Å²) < 4.78 is 0. The molecule has 0 heterocycles. The first-order valence-electron chi connectivity index (χ1n) is 7.31. The molecule has 2 rings (SSSR count). The van der Waals surface area contributed by atoms with Crippen LogP contribution in [0.2, 0.25) is 0 Å². The fourth-order valence-corrected chi connectivity index (χ4v) is 2.81. The minimum absolute atomic E-state index is 0.0702. The molecule has 0 saturated heterocycles. The molecule has 116 valence electrons. The SMILES string of the molecule is CC(C)c1ccc2c(C(=O)O)c(C(C)C)c(C(=O)O)cc2c1. The first kappa shape index (κ1) is 16.0. The first-order chi connectivity index (χ1) is 10.2. The summed E-state index contributed by atoms with van der Waals surface area (Å²) in [6.45, 7) is 7.70. The maximum Gasteiger partial charge on any atom is 0.336 e. The van der Waals surface area contributed by atoms with E-state index in [0.29, 0.717) is 16.3 Å². The molecule has 2 N–H and O–H groups in total. The molecule has 0 aliphatic rings. The molecule has 0 saturated carbocycles. The van der Waals surface area contributed by atoms with Gasteiger partial charge in [-0.3, -0.25) is 0 Å². The van der Waals surface area contributed by atoms with Gasteiger partial charge in [0.1, 0.15) is 0 Å². The number of carboxylic acid groups (broad SMARTS) is 2. The van der Waals surface area contributed by atoms with Gasteiger partial charge in [0.15, 0.2) is 0 Å². The zero-order valence-electron chi connectivity index (χ0n) is 13.2. The average molecular weight is 300 g/mol. The molecule has 4 nitrogen and oxygen atoms in total. The third-order valence-electron chi connectivity index (χ3n) is 3.89. The molecular weight excluding hydrogens is 280 g/mol. The zero-order valence-corrected chi connectivity index (χ0v) is 13.2. The molecule has 0 amide bonds. The Labute approximate surface area is 129 Å². The molecule has 0 aliphatic carbocycles. The van der Waals surface area contributed by atoms with Crippen LogP contribution in [0.3, 0.4) is 0 Å². The van der Waals surface area contributed by atoms with E-state index in [1.807, 2.05) is 39.8 Å². The second-order valence-electron chi connectivity index (χ2n) is 6.11. The van der Waals surface area contributed by atoms with E-state index in [9.17, 15) is 19.8 Å². The molecule has 4 heteroatoms. The largest absolute Gasteiger partial charge is 0.478 e. The molecular formula is C18H20O4. The summed E-state index contributed by atoms with van der Waals surface area (Å²) in [5, 5.41) is 20.3. The number of hydrogen-bond acceptors (Lipinski definition) is 2. The number of rotatable bonds is 4. The van der Waals surface area contributed by atoms with Gasteiger partial charge in [-0.05, 0) is 39.8 Å². The summed E-state index contributed by atoms with van der Waals surface area (Å²) in [6.07, 6.45) is 0. The van der Waals surface area contributed by atoms with Crippen LogP contribution < -0.4 is 0 Å². The van der Waals surface area contributed by atoms with Crippen LogP contribution in [-0.2, 0) is 0 Å². The zero-order chi connectivity index (χ0) is 16.6. The quantitative estimate of drug-likeness (QED) is 0.872. The van der Waals surface area contributed by atoms with Crippen LogP contribution in [-0.4, -0.2) is 22.2 Å². The van der Waals surface area contributed by atoms with Gasteiger partial charge < -0.3 is 10.2 Å². The van der Waals surface area contributed by atoms with Gasteiger partial charge in [0, 0.05) is 0 Å². The molecule has 0 atom stereocenters. The van der Waals surface area contributed by atoms with Gasteiger partial charge in [-0.15, -0.1) is 0 Å². The van der Waals surface area contributed by atoms with Crippen molar-refractivity contribution in [2.24, 2.45) is 0 Å². The summed E-state index contributed by atoms with van der Waals surface area (Å²) in [5.74, 6) is -2.08. The summed E-state index contributed by atoms with van der Waals surface area (Å²) in [5.41, 5.74) is 1.60. The second-order valence-corrected chi connectivity index (χ2v) is 6.11. The predicted octanol–water partition coefficient (Wildman–Crippen LogP) is 4.48. The molecule has 0 unspecified atom stereocenters. The van der Waals surface area contributed by atoms with Crippen molar-refractivity contribution in [1.29, 1.82) is 0 Å². The van der Waals surface area contributed by atoms with Gasteiger partial charge in [-0.1, -0.05) is 45.9 Å². The van der Waals surface area contributed by atoms with E-state index in [0.717, 1.165) is 5.56 Å². The lowest BCUT2D eigenvalue weighted by Gasteiger charge is -2.17. The lowest BCUT2D eigenvalue weighted by Crippen LogP contribution is -2.12. The molecule has 22 heavy (non-hydrogen) atoms. The van der Waals surface area contributed by atoms with Crippen molar-refractivity contribution in [3.8, 4) is 0 Å². The molecule has 0 fully saturated rings. The van der Waals surface area contributed by atoms with E-state index in [2.05, 4.69) is 0 Å². The van der Waals surface area contributed by atoms with E-state index in [1.165, 1.54) is 0 Å². The van der Waals surface area contributed by atoms with Gasteiger partial charge in [-0.2, -0.15) is 0 Å². The van der Waals surface area contributed by atoms with Crippen molar-refractivity contribution >= 4 is 22.7 Å². The van der Waals surface area contributed by atoms with Crippen molar-refractivity contribution in [3.63, 3.8) is 0 Å². The maximum atomic E-state index is 11.7. The van der Waals surface area contributed by atoms with Crippen molar-refractivity contribution in [2.45, 2.75) is 39.5 Å². The molecule has 0 aliphatic heterocycles. The summed E-state index contributed by atoms with van der Waals surface area (Å²) in [6, 6.07) is 7.16. The van der Waals surface area contributed by atoms with Crippen molar-refractivity contribution in [1.82, 2.24) is 0 Å². The normalized spacial score (nSPS) is 11.4. The third-order valence-corrected chi connectivity index (χ3v) is 3.89. The summed E-state index contributed by atoms with van der Waals surface area (Å²) >= 11 is 0. The lowest BCUT2D eigenvalue weighted by molar-refractivity contribution is 0.0695. The Bertz CT molecular complexity index is 757. The van der Waals surface area contributed by atoms with E-state index >= 15 is 0 Å². The standard InChI is InChI=1S/C18H20O4/c1-9(2)11-5-6-13-12(7-11)8-14(17(19)20)15(10(3)4)16(13)18(21)22/h5-10H,1-4H3,(H,19,20)(H,21,22). The first-order valence-corrected chi connectivity index (χ1v) is 7.31. The monoisotopic (exact) mass is 300 g/mol. The minimum atomic E-state index is -1.09. The van der Waals surface area contributed by atoms with E-state index in [1.54, 1.807) is 12.1 Å². The highest BCUT2D eigenvalue weighted by atomic mass is 16.4. The average Bonchev–Trinajstić information content (AvgIpc) is 2.43. The van der Waals surface area contributed by atoms with E-state index in [-0.39, 0.29) is 23.0 Å². The molecule has 0 bridgehead atoms. The van der Waals surface area contributed by atoms with Crippen molar-refractivity contribution in [3.05, 3.63) is 46.5 Å². The minimum Gasteiger partial charge on any atom is -0.478 e. The fourth-order valence-electron chi connectivity index (χ4n) is 2.81. The van der Waals surface area contributed by atoms with Crippen molar-refractivity contribution < 1.29 is 19.8 Å². The Morgan fingerprint density at radius 2 is 1.55 bits per heavy atom. The number of fused-ring (bicyclic) bond motifs is 1. The van der Waals surface area contributed by atoms with Crippen LogP contribution in [0.4, 0.5) is 0 Å². The smallest absolute Gasteiger partial charge is 0.336 e. The highest BCUT2D eigenvalue weighted by Gasteiger charge is 2.24. The van der Waals surface area contributed by atoms with Gasteiger partial charge in [0.25, 0.3) is 0 Å². The van der Waals surface area contributed by atoms with Gasteiger partial charge >= 0.3 is 11.9 Å². The fraction of sp³-hybridized carbons (Fsp3) is 0.333. The third kappa shape index (κ3) is 2.69. The van der Waals surface area contributed by atoms with Crippen molar-refractivity contribution in [2.75, 3.05) is 0 Å². The summed E-state index contributed by atoms with van der Waals surface area (Å²) in [7, 11) is 0. The Hall–Kier alpha value is -2.36. The Kier molecular flexibility index (Phi) is 4.22. The van der Waals surface area contributed by atoms with Crippen LogP contribution in [0.5, 0.6) is 0 Å². The Morgan fingerprint density at radius 1 is 0.909 bits per heavy atom. The van der Waals surface area contributed by atoms with Crippen LogP contribution in [0.1, 0.15) is 71.4 Å². The molecule has 0 radical (unpaired) electrons. The number of hydrogen-bond donors (Lipinski definition) is 2. The molecule has 2 aromatic carbocycles. The number of carboxylic acids is 2. The number of benzene rings is 2. The van der Waals surface area contributed by atoms with Crippen LogP contribution in [0.25, 0.3) is 10.8 Å². The highest BCUT2D eigenvalue weighted by molar-refractivity contribution is 6.09. The topological polar surface area (TPSA) is 74.6 Å². The van der Waals surface area contributed by atoms with Gasteiger partial charge in [-0.25, -0.2) is 9.59 Å². The lowest BCUT2D eigenvalue weighted by atomic mass is 9.86. The van der Waals surface area contributed by atoms with Crippen LogP contribution in [0, 0.1) is 0 Å². The van der Waals surface area contributed by atoms with E-state index in [4.69, 9.17) is 0 Å². The van der Waals surface area contributed by atoms with Gasteiger partial charge in [0.2, 0.25) is 0 Å². The molecule has 0 aromatic heterocycles. The number of carbonyl (C=O) groups is 2. The van der Waals surface area contributed by atoms with Crippen LogP contribution >= 0.6 is 0 Å². The van der Waals surface area contributed by atoms with Gasteiger partial charge in [0.05, 0.1) is 11.1 Å². The van der Waals surface area contributed by atoms with E-state index < -0.39 is 11.9 Å². The number of aromatic carboxylic acids is 2. The molecule has 2 aromatic rings. The predicted molar refractivity (Wildman–Crippen MR) is 86.0 cm³/mol. The second kappa shape index (κ2) is 5.79. The Morgan fingerprint density at radius 3 is 2.00 bits per heavy atom. The Balaban J connectivity index is 2.95. The molecule has 0 spiro atoms.